The number of benzene rings is 1. The Bertz CT molecular complexity index is 645. The van der Waals surface area contributed by atoms with Crippen LogP contribution in [0, 0.1) is 6.92 Å². The summed E-state index contributed by atoms with van der Waals surface area (Å²) in [6, 6.07) is 11.4. The van der Waals surface area contributed by atoms with Crippen LogP contribution in [0.2, 0.25) is 0 Å². The number of nitrogens with zero attached hydrogens (tertiary/aromatic N) is 4. The minimum absolute atomic E-state index is 0.465. The summed E-state index contributed by atoms with van der Waals surface area (Å²) in [6.45, 7) is 2.03. The molecule has 3 aromatic rings. The highest BCUT2D eigenvalue weighted by Gasteiger charge is 2.01. The van der Waals surface area contributed by atoms with E-state index in [9.17, 15) is 0 Å². The van der Waals surface area contributed by atoms with Gasteiger partial charge in [0.1, 0.15) is 12.1 Å². The lowest BCUT2D eigenvalue weighted by atomic mass is 10.2. The third-order valence-electron chi connectivity index (χ3n) is 2.64. The largest absolute Gasteiger partial charge is 0.438 e. The average Bonchev–Trinajstić information content (AvgIpc) is 2.96. The van der Waals surface area contributed by atoms with E-state index < -0.39 is 0 Å². The summed E-state index contributed by atoms with van der Waals surface area (Å²) in [5, 5.41) is 8.11. The number of hydrogen-bond acceptors (Lipinski definition) is 4. The first-order valence-corrected chi connectivity index (χ1v) is 5.88. The zero-order valence-electron chi connectivity index (χ0n) is 10.4. The van der Waals surface area contributed by atoms with Gasteiger partial charge in [-0.3, -0.25) is 4.57 Å². The summed E-state index contributed by atoms with van der Waals surface area (Å²) < 4.78 is 7.39. The molecule has 0 radical (unpaired) electrons. The monoisotopic (exact) mass is 252 g/mol. The Labute approximate surface area is 110 Å². The second kappa shape index (κ2) is 4.89. The van der Waals surface area contributed by atoms with Crippen LogP contribution in [-0.4, -0.2) is 19.7 Å². The summed E-state index contributed by atoms with van der Waals surface area (Å²) in [6.07, 6.45) is 5.17. The van der Waals surface area contributed by atoms with E-state index >= 15 is 0 Å². The molecule has 1 aromatic carbocycles. The summed E-state index contributed by atoms with van der Waals surface area (Å²) in [7, 11) is 0. The fraction of sp³-hybridized carbons (Fsp3) is 0.0714. The second-order valence-electron chi connectivity index (χ2n) is 4.11. The molecular formula is C14H12N4O. The SMILES string of the molecule is Cc1ccc(Oc2ccc(-n3ccnc3)nn2)cc1. The normalized spacial score (nSPS) is 10.4. The molecule has 0 bridgehead atoms. The zero-order valence-corrected chi connectivity index (χ0v) is 10.4. The fourth-order valence-corrected chi connectivity index (χ4v) is 1.63. The van der Waals surface area contributed by atoms with Crippen LogP contribution in [0.5, 0.6) is 11.6 Å². The number of ether oxygens (including phenoxy) is 1. The Hall–Kier alpha value is -2.69. The highest BCUT2D eigenvalue weighted by Crippen LogP contribution is 2.19. The van der Waals surface area contributed by atoms with Gasteiger partial charge < -0.3 is 4.74 Å². The van der Waals surface area contributed by atoms with E-state index in [0.717, 1.165) is 5.75 Å². The van der Waals surface area contributed by atoms with Gasteiger partial charge in [-0.2, -0.15) is 0 Å². The molecular weight excluding hydrogens is 240 g/mol. The zero-order chi connectivity index (χ0) is 13.1. The Morgan fingerprint density at radius 3 is 2.47 bits per heavy atom. The average molecular weight is 252 g/mol. The fourth-order valence-electron chi connectivity index (χ4n) is 1.63. The van der Waals surface area contributed by atoms with Gasteiger partial charge in [-0.25, -0.2) is 4.98 Å². The van der Waals surface area contributed by atoms with Crippen LogP contribution in [-0.2, 0) is 0 Å². The van der Waals surface area contributed by atoms with Gasteiger partial charge in [0, 0.05) is 18.5 Å². The molecule has 2 heterocycles. The van der Waals surface area contributed by atoms with Crippen molar-refractivity contribution in [1.82, 2.24) is 19.7 Å². The van der Waals surface area contributed by atoms with Crippen molar-refractivity contribution in [3.63, 3.8) is 0 Å². The van der Waals surface area contributed by atoms with Crippen LogP contribution in [0.15, 0.2) is 55.1 Å². The van der Waals surface area contributed by atoms with Gasteiger partial charge >= 0.3 is 0 Å². The van der Waals surface area contributed by atoms with Gasteiger partial charge in [-0.05, 0) is 25.1 Å². The van der Waals surface area contributed by atoms with Gasteiger partial charge in [0.15, 0.2) is 5.82 Å². The van der Waals surface area contributed by atoms with Crippen LogP contribution >= 0.6 is 0 Å². The first-order valence-electron chi connectivity index (χ1n) is 5.88. The molecule has 19 heavy (non-hydrogen) atoms. The van der Waals surface area contributed by atoms with Crippen molar-refractivity contribution in [2.75, 3.05) is 0 Å². The lowest BCUT2D eigenvalue weighted by Gasteiger charge is -2.05. The molecule has 0 spiro atoms. The Balaban J connectivity index is 1.77. The Morgan fingerprint density at radius 1 is 1.00 bits per heavy atom. The van der Waals surface area contributed by atoms with Crippen molar-refractivity contribution in [3.05, 3.63) is 60.7 Å². The first-order chi connectivity index (χ1) is 9.31. The van der Waals surface area contributed by atoms with Crippen molar-refractivity contribution in [2.45, 2.75) is 6.92 Å². The van der Waals surface area contributed by atoms with E-state index in [1.807, 2.05) is 43.5 Å². The van der Waals surface area contributed by atoms with Crippen molar-refractivity contribution < 1.29 is 4.74 Å². The number of aromatic nitrogens is 4. The molecule has 0 N–H and O–H groups in total. The molecule has 0 saturated heterocycles. The van der Waals surface area contributed by atoms with Gasteiger partial charge in [-0.15, -0.1) is 10.2 Å². The molecule has 0 aliphatic heterocycles. The summed E-state index contributed by atoms with van der Waals surface area (Å²) in [5.41, 5.74) is 1.19. The molecule has 0 atom stereocenters. The highest BCUT2D eigenvalue weighted by molar-refractivity contribution is 5.31. The number of imidazole rings is 1. The smallest absolute Gasteiger partial charge is 0.238 e. The molecule has 0 aliphatic carbocycles. The van der Waals surface area contributed by atoms with E-state index in [1.165, 1.54) is 5.56 Å². The Morgan fingerprint density at radius 2 is 1.84 bits per heavy atom. The lowest BCUT2D eigenvalue weighted by Crippen LogP contribution is -1.97. The van der Waals surface area contributed by atoms with Crippen LogP contribution in [0.1, 0.15) is 5.56 Å². The number of hydrogen-bond donors (Lipinski definition) is 0. The summed E-state index contributed by atoms with van der Waals surface area (Å²) >= 11 is 0. The van der Waals surface area contributed by atoms with Crippen LogP contribution < -0.4 is 4.74 Å². The quantitative estimate of drug-likeness (QED) is 0.719. The van der Waals surface area contributed by atoms with Gasteiger partial charge in [0.25, 0.3) is 0 Å². The minimum atomic E-state index is 0.465. The maximum absolute atomic E-state index is 5.61. The molecule has 94 valence electrons. The van der Waals surface area contributed by atoms with E-state index in [1.54, 1.807) is 23.2 Å². The maximum atomic E-state index is 5.61. The molecule has 0 unspecified atom stereocenters. The predicted octanol–water partition coefficient (Wildman–Crippen LogP) is 2.76. The predicted molar refractivity (Wildman–Crippen MR) is 70.4 cm³/mol. The molecule has 0 saturated carbocycles. The van der Waals surface area contributed by atoms with E-state index in [0.29, 0.717) is 11.7 Å². The number of rotatable bonds is 3. The lowest BCUT2D eigenvalue weighted by molar-refractivity contribution is 0.454. The Kier molecular flexibility index (Phi) is 2.94. The number of aryl methyl sites for hydroxylation is 1. The molecule has 3 rings (SSSR count). The van der Waals surface area contributed by atoms with Crippen molar-refractivity contribution in [1.29, 1.82) is 0 Å². The minimum Gasteiger partial charge on any atom is -0.438 e. The van der Waals surface area contributed by atoms with Crippen LogP contribution in [0.3, 0.4) is 0 Å². The third kappa shape index (κ3) is 2.60. The van der Waals surface area contributed by atoms with Crippen molar-refractivity contribution >= 4 is 0 Å². The third-order valence-corrected chi connectivity index (χ3v) is 2.64. The van der Waals surface area contributed by atoms with E-state index in [-0.39, 0.29) is 0 Å². The van der Waals surface area contributed by atoms with Gasteiger partial charge in [0.05, 0.1) is 0 Å². The topological polar surface area (TPSA) is 52.8 Å². The molecule has 0 aliphatic rings. The van der Waals surface area contributed by atoms with Crippen LogP contribution in [0.4, 0.5) is 0 Å². The van der Waals surface area contributed by atoms with Crippen LogP contribution in [0.25, 0.3) is 5.82 Å². The molecule has 5 heteroatoms. The van der Waals surface area contributed by atoms with E-state index in [2.05, 4.69) is 15.2 Å². The van der Waals surface area contributed by atoms with Gasteiger partial charge in [0.2, 0.25) is 5.88 Å². The second-order valence-corrected chi connectivity index (χ2v) is 4.11. The van der Waals surface area contributed by atoms with Crippen molar-refractivity contribution in [3.8, 4) is 17.4 Å². The highest BCUT2D eigenvalue weighted by atomic mass is 16.5. The first kappa shape index (κ1) is 11.4. The van der Waals surface area contributed by atoms with E-state index in [4.69, 9.17) is 4.74 Å². The van der Waals surface area contributed by atoms with Gasteiger partial charge in [-0.1, -0.05) is 17.7 Å². The standard InChI is InChI=1S/C14H12N4O/c1-11-2-4-12(5-3-11)19-14-7-6-13(16-17-14)18-9-8-15-10-18/h2-10H,1H3. The molecule has 0 fully saturated rings. The molecule has 2 aromatic heterocycles. The van der Waals surface area contributed by atoms with Crippen molar-refractivity contribution in [2.24, 2.45) is 0 Å². The summed E-state index contributed by atoms with van der Waals surface area (Å²) in [4.78, 5) is 3.96. The summed E-state index contributed by atoms with van der Waals surface area (Å²) in [5.74, 6) is 1.91. The maximum Gasteiger partial charge on any atom is 0.238 e. The molecule has 0 amide bonds. The molecule has 5 nitrogen and oxygen atoms in total.